The second-order valence-electron chi connectivity index (χ2n) is 8.10. The maximum atomic E-state index is 13.3. The van der Waals surface area contributed by atoms with Gasteiger partial charge in [-0.15, -0.1) is 0 Å². The van der Waals surface area contributed by atoms with Gasteiger partial charge in [0, 0.05) is 24.3 Å². The fourth-order valence-corrected chi connectivity index (χ4v) is 4.24. The molecule has 0 aliphatic carbocycles. The average molecular weight is 393 g/mol. The molecule has 3 aromatic rings. The Morgan fingerprint density at radius 2 is 2.00 bits per heavy atom. The van der Waals surface area contributed by atoms with Gasteiger partial charge in [-0.3, -0.25) is 9.48 Å². The molecular formula is C23H28N4O2. The molecule has 0 saturated carbocycles. The SMILES string of the molecule is Cc1cc(C)n(Cc2c(C(=O)N3CCC[C@@H](Cc4ccccc4)C3)noc2C)n1. The number of amides is 1. The van der Waals surface area contributed by atoms with Crippen LogP contribution in [0.1, 0.15) is 51.6 Å². The summed E-state index contributed by atoms with van der Waals surface area (Å²) in [4.78, 5) is 15.2. The minimum Gasteiger partial charge on any atom is -0.361 e. The molecule has 0 N–H and O–H groups in total. The molecule has 0 spiro atoms. The first-order valence-corrected chi connectivity index (χ1v) is 10.3. The van der Waals surface area contributed by atoms with Gasteiger partial charge in [-0.2, -0.15) is 5.10 Å². The third-order valence-corrected chi connectivity index (χ3v) is 5.77. The molecule has 29 heavy (non-hydrogen) atoms. The molecule has 6 heteroatoms. The van der Waals surface area contributed by atoms with Gasteiger partial charge in [0.25, 0.3) is 5.91 Å². The highest BCUT2D eigenvalue weighted by atomic mass is 16.5. The molecule has 1 aliphatic rings. The fraction of sp³-hybridized carbons (Fsp3) is 0.435. The van der Waals surface area contributed by atoms with Crippen LogP contribution in [0.2, 0.25) is 0 Å². The van der Waals surface area contributed by atoms with Crippen molar-refractivity contribution in [1.82, 2.24) is 19.8 Å². The predicted molar refractivity (Wildman–Crippen MR) is 111 cm³/mol. The molecule has 1 aliphatic heterocycles. The van der Waals surface area contributed by atoms with Gasteiger partial charge in [0.1, 0.15) is 5.76 Å². The lowest BCUT2D eigenvalue weighted by Gasteiger charge is -2.32. The van der Waals surface area contributed by atoms with E-state index in [2.05, 4.69) is 34.5 Å². The first-order valence-electron chi connectivity index (χ1n) is 10.3. The maximum Gasteiger partial charge on any atom is 0.276 e. The van der Waals surface area contributed by atoms with Crippen molar-refractivity contribution in [3.63, 3.8) is 0 Å². The van der Waals surface area contributed by atoms with E-state index < -0.39 is 0 Å². The van der Waals surface area contributed by atoms with Crippen molar-refractivity contribution in [3.8, 4) is 0 Å². The second kappa shape index (κ2) is 8.23. The predicted octanol–water partition coefficient (Wildman–Crippen LogP) is 3.94. The number of carbonyl (C=O) groups is 1. The minimum absolute atomic E-state index is 0.0313. The number of benzene rings is 1. The van der Waals surface area contributed by atoms with Crippen molar-refractivity contribution < 1.29 is 9.32 Å². The Labute approximate surface area is 171 Å². The topological polar surface area (TPSA) is 64.2 Å². The van der Waals surface area contributed by atoms with Gasteiger partial charge < -0.3 is 9.42 Å². The fourth-order valence-electron chi connectivity index (χ4n) is 4.24. The van der Waals surface area contributed by atoms with E-state index >= 15 is 0 Å². The normalized spacial score (nSPS) is 16.9. The largest absolute Gasteiger partial charge is 0.361 e. The molecule has 152 valence electrons. The van der Waals surface area contributed by atoms with Gasteiger partial charge in [0.2, 0.25) is 0 Å². The van der Waals surface area contributed by atoms with E-state index in [1.807, 2.05) is 42.5 Å². The van der Waals surface area contributed by atoms with Crippen LogP contribution in [-0.4, -0.2) is 38.8 Å². The second-order valence-corrected chi connectivity index (χ2v) is 8.10. The highest BCUT2D eigenvalue weighted by Gasteiger charge is 2.29. The van der Waals surface area contributed by atoms with Crippen molar-refractivity contribution >= 4 is 5.91 Å². The summed E-state index contributed by atoms with van der Waals surface area (Å²) in [5.41, 5.74) is 4.60. The van der Waals surface area contributed by atoms with Crippen LogP contribution >= 0.6 is 0 Å². The minimum atomic E-state index is -0.0313. The Morgan fingerprint density at radius 1 is 1.21 bits per heavy atom. The van der Waals surface area contributed by atoms with Crippen LogP contribution in [0.3, 0.4) is 0 Å². The van der Waals surface area contributed by atoms with Crippen molar-refractivity contribution in [3.05, 3.63) is 70.4 Å². The van der Waals surface area contributed by atoms with E-state index in [1.165, 1.54) is 5.56 Å². The molecule has 4 rings (SSSR count). The number of aromatic nitrogens is 3. The van der Waals surface area contributed by atoms with Gasteiger partial charge in [0.05, 0.1) is 12.2 Å². The van der Waals surface area contributed by atoms with Crippen LogP contribution in [0.4, 0.5) is 0 Å². The number of carbonyl (C=O) groups excluding carboxylic acids is 1. The smallest absolute Gasteiger partial charge is 0.276 e. The lowest BCUT2D eigenvalue weighted by Crippen LogP contribution is -2.41. The molecule has 1 aromatic carbocycles. The van der Waals surface area contributed by atoms with Crippen LogP contribution in [0.25, 0.3) is 0 Å². The van der Waals surface area contributed by atoms with Gasteiger partial charge in [-0.05, 0) is 57.6 Å². The maximum absolute atomic E-state index is 13.3. The summed E-state index contributed by atoms with van der Waals surface area (Å²) >= 11 is 0. The molecule has 0 unspecified atom stereocenters. The van der Waals surface area contributed by atoms with Crippen molar-refractivity contribution in [1.29, 1.82) is 0 Å². The molecule has 0 radical (unpaired) electrons. The number of nitrogens with zero attached hydrogens (tertiary/aromatic N) is 4. The lowest BCUT2D eigenvalue weighted by atomic mass is 9.91. The number of hydrogen-bond acceptors (Lipinski definition) is 4. The molecule has 1 fully saturated rings. The van der Waals surface area contributed by atoms with Crippen LogP contribution < -0.4 is 0 Å². The molecular weight excluding hydrogens is 364 g/mol. The monoisotopic (exact) mass is 392 g/mol. The van der Waals surface area contributed by atoms with Crippen LogP contribution in [0, 0.1) is 26.7 Å². The quantitative estimate of drug-likeness (QED) is 0.660. The Kier molecular flexibility index (Phi) is 5.51. The number of hydrogen-bond donors (Lipinski definition) is 0. The number of likely N-dealkylation sites (tertiary alicyclic amines) is 1. The van der Waals surface area contributed by atoms with E-state index in [0.717, 1.165) is 49.3 Å². The number of aryl methyl sites for hydroxylation is 3. The molecule has 1 amide bonds. The van der Waals surface area contributed by atoms with Gasteiger partial charge >= 0.3 is 0 Å². The zero-order valence-electron chi connectivity index (χ0n) is 17.4. The van der Waals surface area contributed by atoms with Crippen LogP contribution in [0.15, 0.2) is 40.9 Å². The summed E-state index contributed by atoms with van der Waals surface area (Å²) in [7, 11) is 0. The first-order chi connectivity index (χ1) is 14.0. The first kappa shape index (κ1) is 19.4. The zero-order chi connectivity index (χ0) is 20.4. The van der Waals surface area contributed by atoms with Crippen molar-refractivity contribution in [2.75, 3.05) is 13.1 Å². The lowest BCUT2D eigenvalue weighted by molar-refractivity contribution is 0.0661. The number of rotatable bonds is 5. The third-order valence-electron chi connectivity index (χ3n) is 5.77. The van der Waals surface area contributed by atoms with E-state index in [-0.39, 0.29) is 5.91 Å². The Balaban J connectivity index is 1.50. The van der Waals surface area contributed by atoms with Gasteiger partial charge in [-0.25, -0.2) is 0 Å². The van der Waals surface area contributed by atoms with Gasteiger partial charge in [-0.1, -0.05) is 35.5 Å². The molecule has 1 atom stereocenters. The summed E-state index contributed by atoms with van der Waals surface area (Å²) in [6, 6.07) is 12.5. The molecule has 3 heterocycles. The van der Waals surface area contributed by atoms with Crippen LogP contribution in [-0.2, 0) is 13.0 Å². The van der Waals surface area contributed by atoms with E-state index in [1.54, 1.807) is 0 Å². The van der Waals surface area contributed by atoms with Crippen LogP contribution in [0.5, 0.6) is 0 Å². The summed E-state index contributed by atoms with van der Waals surface area (Å²) in [5, 5.41) is 8.65. The van der Waals surface area contributed by atoms with E-state index in [4.69, 9.17) is 4.52 Å². The molecule has 1 saturated heterocycles. The van der Waals surface area contributed by atoms with Crippen molar-refractivity contribution in [2.24, 2.45) is 5.92 Å². The highest BCUT2D eigenvalue weighted by Crippen LogP contribution is 2.24. The third kappa shape index (κ3) is 4.26. The Bertz CT molecular complexity index is 990. The average Bonchev–Trinajstić information content (AvgIpc) is 3.24. The summed E-state index contributed by atoms with van der Waals surface area (Å²) < 4.78 is 7.31. The Morgan fingerprint density at radius 3 is 2.72 bits per heavy atom. The molecule has 2 aromatic heterocycles. The van der Waals surface area contributed by atoms with Gasteiger partial charge in [0.15, 0.2) is 5.69 Å². The standard InChI is InChI=1S/C23H28N4O2/c1-16-12-17(2)27(24-16)15-21-18(3)29-25-22(21)23(28)26-11-7-10-20(14-26)13-19-8-5-4-6-9-19/h4-6,8-9,12,20H,7,10-11,13-15H2,1-3H3/t20-/m0/s1. The summed E-state index contributed by atoms with van der Waals surface area (Å²) in [6.45, 7) is 7.88. The number of piperidine rings is 1. The summed E-state index contributed by atoms with van der Waals surface area (Å²) in [5.74, 6) is 1.12. The van der Waals surface area contributed by atoms with Crippen molar-refractivity contribution in [2.45, 2.75) is 46.6 Å². The zero-order valence-corrected chi connectivity index (χ0v) is 17.4. The highest BCUT2D eigenvalue weighted by molar-refractivity contribution is 5.93. The Hall–Kier alpha value is -2.89. The molecule has 0 bridgehead atoms. The van der Waals surface area contributed by atoms with E-state index in [9.17, 15) is 4.79 Å². The van der Waals surface area contributed by atoms with E-state index in [0.29, 0.717) is 23.9 Å². The molecule has 6 nitrogen and oxygen atoms in total. The summed E-state index contributed by atoms with van der Waals surface area (Å²) in [6.07, 6.45) is 3.17.